The minimum absolute atomic E-state index is 0. The zero-order valence-electron chi connectivity index (χ0n) is 15.8. The van der Waals surface area contributed by atoms with Gasteiger partial charge in [0, 0.05) is 31.7 Å². The number of unbranched alkanes of at least 4 members (excludes halogenated alkanes) is 1. The van der Waals surface area contributed by atoms with E-state index in [-0.39, 0.29) is 29.9 Å². The zero-order chi connectivity index (χ0) is 17.9. The number of carbonyl (C=O) groups excluding carboxylic acids is 1. The Balaban J connectivity index is 0.00000338. The summed E-state index contributed by atoms with van der Waals surface area (Å²) in [6.45, 7) is 5.34. The van der Waals surface area contributed by atoms with E-state index in [1.807, 2.05) is 28.8 Å². The predicted octanol–water partition coefficient (Wildman–Crippen LogP) is 3.63. The Labute approximate surface area is 178 Å². The highest BCUT2D eigenvalue weighted by atomic mass is 127. The number of hydrogen-bond donors (Lipinski definition) is 2. The summed E-state index contributed by atoms with van der Waals surface area (Å²) in [5.41, 5.74) is 2.14. The number of rotatable bonds is 9. The Bertz CT molecular complexity index is 565. The van der Waals surface area contributed by atoms with E-state index in [2.05, 4.69) is 40.9 Å². The molecule has 0 aromatic heterocycles. The van der Waals surface area contributed by atoms with E-state index in [1.54, 1.807) is 0 Å². The summed E-state index contributed by atoms with van der Waals surface area (Å²) < 4.78 is 0. The fourth-order valence-electron chi connectivity index (χ4n) is 2.79. The zero-order valence-corrected chi connectivity index (χ0v) is 18.9. The average Bonchev–Trinajstić information content (AvgIpc) is 3.06. The number of hydrogen-bond acceptors (Lipinski definition) is 3. The summed E-state index contributed by atoms with van der Waals surface area (Å²) >= 11 is 1.89. The van der Waals surface area contributed by atoms with Crippen LogP contribution in [0, 0.1) is 0 Å². The molecule has 5 nitrogen and oxygen atoms in total. The molecule has 1 aliphatic heterocycles. The number of aliphatic imine (C=N–C) groups is 1. The maximum atomic E-state index is 11.8. The molecule has 1 aromatic carbocycles. The van der Waals surface area contributed by atoms with Gasteiger partial charge in [0.15, 0.2) is 5.96 Å². The van der Waals surface area contributed by atoms with E-state index in [0.717, 1.165) is 49.7 Å². The smallest absolute Gasteiger partial charge is 0.227 e. The van der Waals surface area contributed by atoms with Crippen molar-refractivity contribution in [2.24, 2.45) is 4.99 Å². The average molecular weight is 490 g/mol. The molecule has 0 radical (unpaired) electrons. The number of halogens is 1. The van der Waals surface area contributed by atoms with Crippen molar-refractivity contribution in [3.05, 3.63) is 29.8 Å². The summed E-state index contributed by atoms with van der Waals surface area (Å²) in [6, 6.07) is 8.17. The van der Waals surface area contributed by atoms with Crippen molar-refractivity contribution in [3.8, 4) is 0 Å². The lowest BCUT2D eigenvalue weighted by molar-refractivity contribution is -0.117. The van der Waals surface area contributed by atoms with Crippen LogP contribution in [0.25, 0.3) is 0 Å². The molecule has 2 rings (SSSR count). The minimum Gasteiger partial charge on any atom is -0.357 e. The Morgan fingerprint density at radius 3 is 2.62 bits per heavy atom. The Kier molecular flexibility index (Phi) is 11.8. The lowest BCUT2D eigenvalue weighted by Crippen LogP contribution is -2.37. The molecule has 146 valence electrons. The first kappa shape index (κ1) is 23.1. The number of benzene rings is 1. The van der Waals surface area contributed by atoms with Crippen LogP contribution in [0.5, 0.6) is 0 Å². The molecule has 1 fully saturated rings. The van der Waals surface area contributed by atoms with Crippen molar-refractivity contribution < 1.29 is 4.79 Å². The van der Waals surface area contributed by atoms with E-state index in [1.165, 1.54) is 12.2 Å². The molecule has 0 bridgehead atoms. The number of amides is 1. The third-order valence-electron chi connectivity index (χ3n) is 4.15. The molecule has 1 aromatic rings. The quantitative estimate of drug-likeness (QED) is 0.240. The largest absolute Gasteiger partial charge is 0.357 e. The van der Waals surface area contributed by atoms with Crippen LogP contribution in [0.3, 0.4) is 0 Å². The molecular weight excluding hydrogens is 459 g/mol. The molecule has 0 unspecified atom stereocenters. The maximum Gasteiger partial charge on any atom is 0.227 e. The van der Waals surface area contributed by atoms with Crippen LogP contribution in [0.2, 0.25) is 0 Å². The second-order valence-electron chi connectivity index (χ2n) is 6.14. The van der Waals surface area contributed by atoms with Crippen LogP contribution in [0.15, 0.2) is 29.3 Å². The van der Waals surface area contributed by atoms with Crippen LogP contribution < -0.4 is 15.5 Å². The number of anilines is 1. The fraction of sp³-hybridized carbons (Fsp3) is 0.579. The standard InChI is InChI=1S/C19H30N4OS.HI/c1-3-20-19(21-12-4-5-14-25-2)22-15-16-8-10-17(11-9-16)23-13-6-7-18(23)24;/h8-11H,3-7,12-15H2,1-2H3,(H2,20,21,22);1H. The van der Waals surface area contributed by atoms with Crippen molar-refractivity contribution in [1.29, 1.82) is 0 Å². The van der Waals surface area contributed by atoms with Gasteiger partial charge in [-0.2, -0.15) is 11.8 Å². The molecule has 0 atom stereocenters. The highest BCUT2D eigenvalue weighted by molar-refractivity contribution is 14.0. The summed E-state index contributed by atoms with van der Waals surface area (Å²) in [4.78, 5) is 18.3. The summed E-state index contributed by atoms with van der Waals surface area (Å²) in [5.74, 6) is 2.30. The monoisotopic (exact) mass is 490 g/mol. The molecule has 26 heavy (non-hydrogen) atoms. The lowest BCUT2D eigenvalue weighted by Gasteiger charge is -2.16. The molecule has 1 aliphatic rings. The molecule has 1 heterocycles. The third-order valence-corrected chi connectivity index (χ3v) is 4.85. The Hall–Kier alpha value is -0.960. The van der Waals surface area contributed by atoms with Crippen molar-refractivity contribution in [3.63, 3.8) is 0 Å². The van der Waals surface area contributed by atoms with Gasteiger partial charge in [-0.1, -0.05) is 12.1 Å². The molecular formula is C19H31IN4OS. The van der Waals surface area contributed by atoms with Gasteiger partial charge in [0.25, 0.3) is 0 Å². The highest BCUT2D eigenvalue weighted by Gasteiger charge is 2.21. The van der Waals surface area contributed by atoms with E-state index < -0.39 is 0 Å². The second-order valence-corrected chi connectivity index (χ2v) is 7.12. The van der Waals surface area contributed by atoms with E-state index in [9.17, 15) is 4.79 Å². The Morgan fingerprint density at radius 1 is 1.23 bits per heavy atom. The SMILES string of the molecule is CCNC(=NCc1ccc(N2CCCC2=O)cc1)NCCCCSC.I. The van der Waals surface area contributed by atoms with Gasteiger partial charge in [-0.05, 0) is 55.9 Å². The maximum absolute atomic E-state index is 11.8. The molecule has 0 aliphatic carbocycles. The van der Waals surface area contributed by atoms with Gasteiger partial charge in [0.05, 0.1) is 6.54 Å². The van der Waals surface area contributed by atoms with E-state index in [0.29, 0.717) is 13.0 Å². The number of nitrogens with one attached hydrogen (secondary N) is 2. The minimum atomic E-state index is 0. The molecule has 0 saturated carbocycles. The van der Waals surface area contributed by atoms with Gasteiger partial charge < -0.3 is 15.5 Å². The molecule has 1 amide bonds. The first-order chi connectivity index (χ1) is 12.2. The number of guanidine groups is 1. The highest BCUT2D eigenvalue weighted by Crippen LogP contribution is 2.21. The topological polar surface area (TPSA) is 56.7 Å². The van der Waals surface area contributed by atoms with Crippen LogP contribution >= 0.6 is 35.7 Å². The Morgan fingerprint density at radius 2 is 2.00 bits per heavy atom. The number of thioether (sulfide) groups is 1. The van der Waals surface area contributed by atoms with Crippen LogP contribution in [0.1, 0.15) is 38.2 Å². The van der Waals surface area contributed by atoms with E-state index in [4.69, 9.17) is 0 Å². The lowest BCUT2D eigenvalue weighted by atomic mass is 10.2. The van der Waals surface area contributed by atoms with Crippen LogP contribution in [0.4, 0.5) is 5.69 Å². The summed E-state index contributed by atoms with van der Waals surface area (Å²) in [5, 5.41) is 6.67. The molecule has 1 saturated heterocycles. The number of carbonyl (C=O) groups is 1. The van der Waals surface area contributed by atoms with Gasteiger partial charge in [-0.15, -0.1) is 24.0 Å². The molecule has 0 spiro atoms. The first-order valence-electron chi connectivity index (χ1n) is 9.15. The second kappa shape index (κ2) is 13.2. The predicted molar refractivity (Wildman–Crippen MR) is 124 cm³/mol. The van der Waals surface area contributed by atoms with Crippen molar-refractivity contribution in [1.82, 2.24) is 10.6 Å². The van der Waals surface area contributed by atoms with Crippen molar-refractivity contribution >= 4 is 53.3 Å². The van der Waals surface area contributed by atoms with Crippen LogP contribution in [-0.4, -0.2) is 43.5 Å². The fourth-order valence-corrected chi connectivity index (χ4v) is 3.29. The van der Waals surface area contributed by atoms with Gasteiger partial charge in [-0.25, -0.2) is 4.99 Å². The molecule has 7 heteroatoms. The van der Waals surface area contributed by atoms with Crippen LogP contribution in [-0.2, 0) is 11.3 Å². The van der Waals surface area contributed by atoms with Gasteiger partial charge in [-0.3, -0.25) is 4.79 Å². The van der Waals surface area contributed by atoms with E-state index >= 15 is 0 Å². The summed E-state index contributed by atoms with van der Waals surface area (Å²) in [6.07, 6.45) is 6.15. The van der Waals surface area contributed by atoms with Gasteiger partial charge in [0.1, 0.15) is 0 Å². The third kappa shape index (κ3) is 7.73. The number of nitrogens with zero attached hydrogens (tertiary/aromatic N) is 2. The van der Waals surface area contributed by atoms with Crippen molar-refractivity contribution in [2.75, 3.05) is 36.5 Å². The van der Waals surface area contributed by atoms with Gasteiger partial charge >= 0.3 is 0 Å². The first-order valence-corrected chi connectivity index (χ1v) is 10.5. The van der Waals surface area contributed by atoms with Gasteiger partial charge in [0.2, 0.25) is 5.91 Å². The van der Waals surface area contributed by atoms with Crippen molar-refractivity contribution in [2.45, 2.75) is 39.2 Å². The molecule has 2 N–H and O–H groups in total. The normalized spacial score (nSPS) is 14.3. The summed E-state index contributed by atoms with van der Waals surface area (Å²) in [7, 11) is 0.